The Bertz CT molecular complexity index is 929. The van der Waals surface area contributed by atoms with E-state index in [0.717, 1.165) is 16.6 Å². The van der Waals surface area contributed by atoms with Gasteiger partial charge in [-0.25, -0.2) is 0 Å². The first-order chi connectivity index (χ1) is 10.6. The van der Waals surface area contributed by atoms with Crippen molar-refractivity contribution in [3.05, 3.63) is 70.3 Å². The molecular formula is C17H15N3O2. The molecule has 2 heterocycles. The summed E-state index contributed by atoms with van der Waals surface area (Å²) >= 11 is 0. The van der Waals surface area contributed by atoms with Gasteiger partial charge in [-0.2, -0.15) is 0 Å². The Balaban J connectivity index is 2.08. The molecule has 0 aliphatic heterocycles. The molecule has 0 aliphatic carbocycles. The average molecular weight is 293 g/mol. The second-order valence-electron chi connectivity index (χ2n) is 5.11. The highest BCUT2D eigenvalue weighted by atomic mass is 16.2. The Kier molecular flexibility index (Phi) is 3.47. The number of pyridine rings is 2. The van der Waals surface area contributed by atoms with Crippen molar-refractivity contribution in [1.82, 2.24) is 9.55 Å². The number of aromatic nitrogens is 2. The van der Waals surface area contributed by atoms with Crippen LogP contribution in [0.1, 0.15) is 16.1 Å². The summed E-state index contributed by atoms with van der Waals surface area (Å²) in [5.74, 6) is -0.306. The molecule has 0 saturated heterocycles. The minimum absolute atomic E-state index is 0.213. The number of hydrogen-bond acceptors (Lipinski definition) is 3. The van der Waals surface area contributed by atoms with E-state index in [0.29, 0.717) is 11.3 Å². The molecule has 0 fully saturated rings. The van der Waals surface area contributed by atoms with E-state index in [2.05, 4.69) is 10.3 Å². The van der Waals surface area contributed by atoms with Crippen molar-refractivity contribution in [2.75, 3.05) is 5.32 Å². The summed E-state index contributed by atoms with van der Waals surface area (Å²) in [5, 5.41) is 3.55. The Hall–Kier alpha value is -2.95. The van der Waals surface area contributed by atoms with E-state index in [-0.39, 0.29) is 11.5 Å². The van der Waals surface area contributed by atoms with Crippen LogP contribution in [0.3, 0.4) is 0 Å². The fraction of sp³-hybridized carbons (Fsp3) is 0.118. The first-order valence-corrected chi connectivity index (χ1v) is 6.89. The van der Waals surface area contributed by atoms with Gasteiger partial charge in [-0.3, -0.25) is 14.6 Å². The van der Waals surface area contributed by atoms with Crippen molar-refractivity contribution >= 4 is 22.5 Å². The average Bonchev–Trinajstić information content (AvgIpc) is 2.51. The molecule has 1 aromatic carbocycles. The van der Waals surface area contributed by atoms with E-state index in [1.54, 1.807) is 25.4 Å². The third kappa shape index (κ3) is 2.48. The van der Waals surface area contributed by atoms with Crippen molar-refractivity contribution in [3.63, 3.8) is 0 Å². The number of nitrogens with one attached hydrogen (secondary N) is 1. The zero-order valence-electron chi connectivity index (χ0n) is 12.3. The maximum absolute atomic E-state index is 12.5. The molecule has 0 atom stereocenters. The number of amides is 1. The summed E-state index contributed by atoms with van der Waals surface area (Å²) < 4.78 is 1.53. The zero-order chi connectivity index (χ0) is 15.7. The Morgan fingerprint density at radius 3 is 2.73 bits per heavy atom. The van der Waals surface area contributed by atoms with Crippen molar-refractivity contribution in [3.8, 4) is 0 Å². The highest BCUT2D eigenvalue weighted by Gasteiger charge is 2.13. The molecule has 3 aromatic rings. The van der Waals surface area contributed by atoms with Gasteiger partial charge >= 0.3 is 0 Å². The van der Waals surface area contributed by atoms with E-state index in [1.165, 1.54) is 10.6 Å². The summed E-state index contributed by atoms with van der Waals surface area (Å²) in [5.41, 5.74) is 2.35. The van der Waals surface area contributed by atoms with Gasteiger partial charge in [-0.05, 0) is 25.1 Å². The van der Waals surface area contributed by atoms with Crippen LogP contribution in [-0.2, 0) is 7.05 Å². The normalized spacial score (nSPS) is 10.6. The predicted octanol–water partition coefficient (Wildman–Crippen LogP) is 2.49. The lowest BCUT2D eigenvalue weighted by molar-refractivity contribution is 0.102. The van der Waals surface area contributed by atoms with E-state index in [1.807, 2.05) is 31.2 Å². The quantitative estimate of drug-likeness (QED) is 0.789. The standard InChI is InChI=1S/C17H15N3O2/c1-11-9-12(7-8-18-11)19-17(22)14-10-16(21)20(2)15-6-4-3-5-13(14)15/h3-10H,1-2H3,(H,18,19,22). The molecule has 0 aliphatic rings. The number of fused-ring (bicyclic) bond motifs is 1. The van der Waals surface area contributed by atoms with Gasteiger partial charge < -0.3 is 9.88 Å². The third-order valence-electron chi connectivity index (χ3n) is 3.55. The van der Waals surface area contributed by atoms with Crippen LogP contribution in [0.5, 0.6) is 0 Å². The number of carbonyl (C=O) groups is 1. The molecule has 0 bridgehead atoms. The van der Waals surface area contributed by atoms with Gasteiger partial charge in [0.05, 0.1) is 11.1 Å². The minimum atomic E-state index is -0.306. The van der Waals surface area contributed by atoms with Crippen molar-refractivity contribution in [2.45, 2.75) is 6.92 Å². The maximum Gasteiger partial charge on any atom is 0.256 e. The van der Waals surface area contributed by atoms with Crippen LogP contribution in [0, 0.1) is 6.92 Å². The van der Waals surface area contributed by atoms with E-state index < -0.39 is 0 Å². The van der Waals surface area contributed by atoms with Crippen molar-refractivity contribution in [1.29, 1.82) is 0 Å². The van der Waals surface area contributed by atoms with E-state index in [4.69, 9.17) is 0 Å². The molecule has 0 radical (unpaired) electrons. The first kappa shape index (κ1) is 14.0. The molecule has 1 amide bonds. The number of para-hydroxylation sites is 1. The lowest BCUT2D eigenvalue weighted by Crippen LogP contribution is -2.21. The molecule has 5 nitrogen and oxygen atoms in total. The minimum Gasteiger partial charge on any atom is -0.322 e. The topological polar surface area (TPSA) is 64.0 Å². The van der Waals surface area contributed by atoms with Crippen LogP contribution in [0.2, 0.25) is 0 Å². The van der Waals surface area contributed by atoms with Crippen LogP contribution in [0.25, 0.3) is 10.9 Å². The Labute approximate surface area is 127 Å². The van der Waals surface area contributed by atoms with E-state index >= 15 is 0 Å². The van der Waals surface area contributed by atoms with Crippen molar-refractivity contribution < 1.29 is 4.79 Å². The summed E-state index contributed by atoms with van der Waals surface area (Å²) in [7, 11) is 1.69. The molecule has 2 aromatic heterocycles. The number of hydrogen-bond donors (Lipinski definition) is 1. The predicted molar refractivity (Wildman–Crippen MR) is 86.1 cm³/mol. The molecule has 5 heteroatoms. The maximum atomic E-state index is 12.5. The number of carbonyl (C=O) groups excluding carboxylic acids is 1. The smallest absolute Gasteiger partial charge is 0.256 e. The lowest BCUT2D eigenvalue weighted by atomic mass is 10.1. The van der Waals surface area contributed by atoms with Gasteiger partial charge in [0.15, 0.2) is 0 Å². The molecular weight excluding hydrogens is 278 g/mol. The van der Waals surface area contributed by atoms with Gasteiger partial charge in [-0.1, -0.05) is 18.2 Å². The molecule has 0 unspecified atom stereocenters. The molecule has 0 spiro atoms. The van der Waals surface area contributed by atoms with Crippen LogP contribution >= 0.6 is 0 Å². The zero-order valence-corrected chi connectivity index (χ0v) is 12.3. The fourth-order valence-corrected chi connectivity index (χ4v) is 2.42. The highest BCUT2D eigenvalue weighted by Crippen LogP contribution is 2.18. The second-order valence-corrected chi connectivity index (χ2v) is 5.11. The van der Waals surface area contributed by atoms with Crippen molar-refractivity contribution in [2.24, 2.45) is 7.05 Å². The number of rotatable bonds is 2. The Morgan fingerprint density at radius 1 is 1.18 bits per heavy atom. The Morgan fingerprint density at radius 2 is 1.95 bits per heavy atom. The summed E-state index contributed by atoms with van der Waals surface area (Å²) in [6, 6.07) is 12.2. The van der Waals surface area contributed by atoms with Crippen LogP contribution in [0.4, 0.5) is 5.69 Å². The summed E-state index contributed by atoms with van der Waals surface area (Å²) in [4.78, 5) is 28.7. The molecule has 0 saturated carbocycles. The molecule has 22 heavy (non-hydrogen) atoms. The van der Waals surface area contributed by atoms with Crippen LogP contribution in [0.15, 0.2) is 53.5 Å². The van der Waals surface area contributed by atoms with Gasteiger partial charge in [0.25, 0.3) is 11.5 Å². The number of nitrogens with zero attached hydrogens (tertiary/aromatic N) is 2. The highest BCUT2D eigenvalue weighted by molar-refractivity contribution is 6.12. The SMILES string of the molecule is Cc1cc(NC(=O)c2cc(=O)n(C)c3ccccc23)ccn1. The summed E-state index contributed by atoms with van der Waals surface area (Å²) in [6.45, 7) is 1.85. The van der Waals surface area contributed by atoms with Crippen LogP contribution in [-0.4, -0.2) is 15.5 Å². The number of benzene rings is 1. The van der Waals surface area contributed by atoms with Crippen LogP contribution < -0.4 is 10.9 Å². The van der Waals surface area contributed by atoms with Gasteiger partial charge in [0, 0.05) is 36.1 Å². The monoisotopic (exact) mass is 293 g/mol. The molecule has 3 rings (SSSR count). The first-order valence-electron chi connectivity index (χ1n) is 6.89. The second kappa shape index (κ2) is 5.44. The third-order valence-corrected chi connectivity index (χ3v) is 3.55. The largest absolute Gasteiger partial charge is 0.322 e. The van der Waals surface area contributed by atoms with Gasteiger partial charge in [-0.15, -0.1) is 0 Å². The summed E-state index contributed by atoms with van der Waals surface area (Å²) in [6.07, 6.45) is 1.63. The number of aryl methyl sites for hydroxylation is 2. The van der Waals surface area contributed by atoms with Gasteiger partial charge in [0.1, 0.15) is 0 Å². The van der Waals surface area contributed by atoms with Gasteiger partial charge in [0.2, 0.25) is 0 Å². The lowest BCUT2D eigenvalue weighted by Gasteiger charge is -2.10. The van der Waals surface area contributed by atoms with E-state index in [9.17, 15) is 9.59 Å². The molecule has 1 N–H and O–H groups in total. The molecule has 110 valence electrons. The fourth-order valence-electron chi connectivity index (χ4n) is 2.42. The number of anilines is 1.